The molecule has 6 heteroatoms. The third kappa shape index (κ3) is 4.56. The van der Waals surface area contributed by atoms with Gasteiger partial charge in [0.25, 0.3) is 0 Å². The number of thiocarbonyl (C=S) groups is 1. The number of nitrogens with two attached hydrogens (primary N) is 1. The zero-order valence-corrected chi connectivity index (χ0v) is 13.5. The number of thioether (sulfide) groups is 1. The van der Waals surface area contributed by atoms with E-state index < -0.39 is 0 Å². The van der Waals surface area contributed by atoms with Crippen LogP contribution in [0.2, 0.25) is 10.0 Å². The zero-order chi connectivity index (χ0) is 14.5. The van der Waals surface area contributed by atoms with E-state index in [1.54, 1.807) is 11.8 Å². The highest BCUT2D eigenvalue weighted by atomic mass is 35.5. The second-order valence-electron chi connectivity index (χ2n) is 4.05. The highest BCUT2D eigenvalue weighted by Gasteiger charge is 2.01. The molecule has 0 fully saturated rings. The molecule has 104 valence electrons. The van der Waals surface area contributed by atoms with E-state index in [1.165, 1.54) is 0 Å². The van der Waals surface area contributed by atoms with Crippen LogP contribution in [0.25, 0.3) is 0 Å². The first-order chi connectivity index (χ1) is 9.54. The largest absolute Gasteiger partial charge is 0.376 e. The molecule has 0 aromatic heterocycles. The molecule has 0 spiro atoms. The van der Waals surface area contributed by atoms with Crippen LogP contribution in [0.5, 0.6) is 0 Å². The van der Waals surface area contributed by atoms with Gasteiger partial charge in [0.1, 0.15) is 0 Å². The fourth-order valence-corrected chi connectivity index (χ4v) is 2.85. The molecule has 0 saturated carbocycles. The predicted molar refractivity (Wildman–Crippen MR) is 92.9 cm³/mol. The summed E-state index contributed by atoms with van der Waals surface area (Å²) in [6.45, 7) is 0. The van der Waals surface area contributed by atoms with Crippen molar-refractivity contribution in [2.75, 3.05) is 5.32 Å². The smallest absolute Gasteiger partial charge is 0.168 e. The summed E-state index contributed by atoms with van der Waals surface area (Å²) in [7, 11) is 0. The van der Waals surface area contributed by atoms with E-state index in [9.17, 15) is 0 Å². The third-order valence-electron chi connectivity index (χ3n) is 2.51. The summed E-state index contributed by atoms with van der Waals surface area (Å²) in [6.07, 6.45) is 0. The van der Waals surface area contributed by atoms with Crippen molar-refractivity contribution >= 4 is 58.0 Å². The van der Waals surface area contributed by atoms with Crippen molar-refractivity contribution in [3.8, 4) is 0 Å². The van der Waals surface area contributed by atoms with Crippen LogP contribution < -0.4 is 11.1 Å². The molecule has 0 heterocycles. The molecular formula is C14H12Cl2N2S2. The predicted octanol–water partition coefficient (Wildman–Crippen LogP) is 4.94. The molecule has 0 atom stereocenters. The van der Waals surface area contributed by atoms with Crippen molar-refractivity contribution in [2.45, 2.75) is 10.6 Å². The molecule has 2 rings (SSSR count). The molecule has 20 heavy (non-hydrogen) atoms. The van der Waals surface area contributed by atoms with E-state index in [2.05, 4.69) is 5.32 Å². The lowest BCUT2D eigenvalue weighted by Gasteiger charge is -2.06. The van der Waals surface area contributed by atoms with Crippen molar-refractivity contribution in [3.05, 3.63) is 58.1 Å². The lowest BCUT2D eigenvalue weighted by Crippen LogP contribution is -2.18. The number of nitrogens with one attached hydrogen (secondary N) is 1. The molecule has 2 aromatic rings. The van der Waals surface area contributed by atoms with Gasteiger partial charge in [-0.15, -0.1) is 11.8 Å². The van der Waals surface area contributed by atoms with Crippen LogP contribution >= 0.6 is 47.2 Å². The molecule has 0 aliphatic heterocycles. The van der Waals surface area contributed by atoms with E-state index in [0.29, 0.717) is 10.0 Å². The van der Waals surface area contributed by atoms with Crippen molar-refractivity contribution < 1.29 is 0 Å². The van der Waals surface area contributed by atoms with E-state index >= 15 is 0 Å². The van der Waals surface area contributed by atoms with E-state index in [4.69, 9.17) is 41.2 Å². The van der Waals surface area contributed by atoms with Gasteiger partial charge < -0.3 is 11.1 Å². The molecule has 0 saturated heterocycles. The van der Waals surface area contributed by atoms with E-state index in [0.717, 1.165) is 21.9 Å². The first-order valence-corrected chi connectivity index (χ1v) is 7.93. The van der Waals surface area contributed by atoms with Gasteiger partial charge in [-0.05, 0) is 54.2 Å². The zero-order valence-electron chi connectivity index (χ0n) is 10.4. The standard InChI is InChI=1S/C14H12Cl2N2S2/c15-12-6-1-9(7-13(12)16)8-20-11-4-2-10(3-5-11)18-14(17)19/h1-7H,8H2,(H3,17,18,19). The average molecular weight is 343 g/mol. The molecule has 0 unspecified atom stereocenters. The van der Waals surface area contributed by atoms with Gasteiger partial charge in [0.15, 0.2) is 5.11 Å². The van der Waals surface area contributed by atoms with E-state index in [1.807, 2.05) is 42.5 Å². The van der Waals surface area contributed by atoms with E-state index in [-0.39, 0.29) is 5.11 Å². The SMILES string of the molecule is NC(=S)Nc1ccc(SCc2ccc(Cl)c(Cl)c2)cc1. The summed E-state index contributed by atoms with van der Waals surface area (Å²) >= 11 is 18.4. The molecule has 0 aliphatic carbocycles. The Kier molecular flexibility index (Phi) is 5.54. The van der Waals surface area contributed by atoms with Crippen molar-refractivity contribution in [1.29, 1.82) is 0 Å². The van der Waals surface area contributed by atoms with Crippen molar-refractivity contribution in [2.24, 2.45) is 5.73 Å². The fraction of sp³-hybridized carbons (Fsp3) is 0.0714. The maximum absolute atomic E-state index is 5.99. The maximum Gasteiger partial charge on any atom is 0.168 e. The fourth-order valence-electron chi connectivity index (χ4n) is 1.57. The molecule has 0 bridgehead atoms. The van der Waals surface area contributed by atoms with Gasteiger partial charge in [0, 0.05) is 16.3 Å². The second-order valence-corrected chi connectivity index (χ2v) is 6.35. The average Bonchev–Trinajstić information content (AvgIpc) is 2.41. The molecule has 0 amide bonds. The number of halogens is 2. The molecule has 0 radical (unpaired) electrons. The molecule has 3 N–H and O–H groups in total. The summed E-state index contributed by atoms with van der Waals surface area (Å²) in [5.41, 5.74) is 7.43. The number of hydrogen-bond acceptors (Lipinski definition) is 2. The Bertz CT molecular complexity index is 615. The van der Waals surface area contributed by atoms with Crippen molar-refractivity contribution in [3.63, 3.8) is 0 Å². The number of benzene rings is 2. The Labute approximate surface area is 137 Å². The second kappa shape index (κ2) is 7.18. The Morgan fingerprint density at radius 1 is 1.10 bits per heavy atom. The molecule has 2 nitrogen and oxygen atoms in total. The highest BCUT2D eigenvalue weighted by molar-refractivity contribution is 7.98. The monoisotopic (exact) mass is 342 g/mol. The Morgan fingerprint density at radius 2 is 1.80 bits per heavy atom. The van der Waals surface area contributed by atoms with Gasteiger partial charge in [0.2, 0.25) is 0 Å². The van der Waals surface area contributed by atoms with Crippen LogP contribution in [0.4, 0.5) is 5.69 Å². The Morgan fingerprint density at radius 3 is 2.40 bits per heavy atom. The summed E-state index contributed by atoms with van der Waals surface area (Å²) in [5.74, 6) is 0.832. The third-order valence-corrected chi connectivity index (χ3v) is 4.44. The van der Waals surface area contributed by atoms with Gasteiger partial charge in [0.05, 0.1) is 10.0 Å². The summed E-state index contributed by atoms with van der Waals surface area (Å²) in [4.78, 5) is 1.16. The van der Waals surface area contributed by atoms with Crippen LogP contribution in [0.3, 0.4) is 0 Å². The van der Waals surface area contributed by atoms with Gasteiger partial charge in [-0.3, -0.25) is 0 Å². The van der Waals surface area contributed by atoms with Crippen LogP contribution in [0, 0.1) is 0 Å². The minimum atomic E-state index is 0.265. The molecular weight excluding hydrogens is 331 g/mol. The lowest BCUT2D eigenvalue weighted by atomic mass is 10.2. The highest BCUT2D eigenvalue weighted by Crippen LogP contribution is 2.28. The quantitative estimate of drug-likeness (QED) is 0.609. The lowest BCUT2D eigenvalue weighted by molar-refractivity contribution is 1.38. The molecule has 0 aliphatic rings. The minimum absolute atomic E-state index is 0.265. The number of hydrogen-bond donors (Lipinski definition) is 2. The number of anilines is 1. The first-order valence-electron chi connectivity index (χ1n) is 5.78. The van der Waals surface area contributed by atoms with Gasteiger partial charge in [-0.25, -0.2) is 0 Å². The minimum Gasteiger partial charge on any atom is -0.376 e. The Hall–Kier alpha value is -0.940. The summed E-state index contributed by atoms with van der Waals surface area (Å²) in [6, 6.07) is 13.6. The van der Waals surface area contributed by atoms with Crippen LogP contribution in [0.1, 0.15) is 5.56 Å². The normalized spacial score (nSPS) is 10.3. The van der Waals surface area contributed by atoms with Crippen molar-refractivity contribution in [1.82, 2.24) is 0 Å². The topological polar surface area (TPSA) is 38.0 Å². The molecule has 2 aromatic carbocycles. The summed E-state index contributed by atoms with van der Waals surface area (Å²) in [5, 5.41) is 4.31. The van der Waals surface area contributed by atoms with Gasteiger partial charge in [-0.2, -0.15) is 0 Å². The van der Waals surface area contributed by atoms with Crippen LogP contribution in [-0.4, -0.2) is 5.11 Å². The number of rotatable bonds is 4. The van der Waals surface area contributed by atoms with Crippen LogP contribution in [-0.2, 0) is 5.75 Å². The van der Waals surface area contributed by atoms with Gasteiger partial charge in [-0.1, -0.05) is 29.3 Å². The van der Waals surface area contributed by atoms with Crippen LogP contribution in [0.15, 0.2) is 47.4 Å². The summed E-state index contributed by atoms with van der Waals surface area (Å²) < 4.78 is 0. The first kappa shape index (κ1) is 15.4. The van der Waals surface area contributed by atoms with Gasteiger partial charge >= 0.3 is 0 Å². The maximum atomic E-state index is 5.99. The Balaban J connectivity index is 1.96.